The number of hydrogen-bond acceptors (Lipinski definition) is 15. The van der Waals surface area contributed by atoms with Crippen molar-refractivity contribution in [1.82, 2.24) is 50.7 Å². The molecule has 0 aliphatic carbocycles. The van der Waals surface area contributed by atoms with Crippen molar-refractivity contribution in [3.8, 4) is 0 Å². The first-order valence-corrected chi connectivity index (χ1v) is 23.0. The van der Waals surface area contributed by atoms with Crippen LogP contribution in [0, 0.1) is 0 Å². The van der Waals surface area contributed by atoms with Crippen LogP contribution in [0.5, 0.6) is 0 Å². The molecule has 0 saturated carbocycles. The quantitative estimate of drug-likeness (QED) is 0.0331. The summed E-state index contributed by atoms with van der Waals surface area (Å²) in [6, 6.07) is 0. The molecule has 0 spiro atoms. The first kappa shape index (κ1) is 55.4. The van der Waals surface area contributed by atoms with E-state index in [1.54, 1.807) is 0 Å². The van der Waals surface area contributed by atoms with Gasteiger partial charge in [0.15, 0.2) is 0 Å². The molecule has 15 heteroatoms. The number of hydrogen-bond donors (Lipinski definition) is 9. The van der Waals surface area contributed by atoms with E-state index in [0.717, 1.165) is 137 Å². The van der Waals surface area contributed by atoms with Gasteiger partial charge in [0.25, 0.3) is 0 Å². The second kappa shape index (κ2) is 44.0. The first-order chi connectivity index (χ1) is 27.5. The summed E-state index contributed by atoms with van der Waals surface area (Å²) in [5.74, 6) is 0. The minimum atomic E-state index is 0.701. The molecular formula is C41H99N15. The highest BCUT2D eigenvalue weighted by Gasteiger charge is 2.11. The average Bonchev–Trinajstić information content (AvgIpc) is 3.18. The van der Waals surface area contributed by atoms with Gasteiger partial charge in [-0.05, 0) is 105 Å². The van der Waals surface area contributed by atoms with Gasteiger partial charge < -0.3 is 74.4 Å². The molecule has 0 aromatic rings. The predicted molar refractivity (Wildman–Crippen MR) is 245 cm³/mol. The Labute approximate surface area is 347 Å². The minimum absolute atomic E-state index is 0.701. The Kier molecular flexibility index (Phi) is 43.5. The van der Waals surface area contributed by atoms with Crippen LogP contribution < -0.4 is 49.9 Å². The largest absolute Gasteiger partial charge is 0.329 e. The van der Waals surface area contributed by atoms with Crippen molar-refractivity contribution in [2.24, 2.45) is 28.7 Å². The number of unbranched alkanes of at least 4 members (excludes halogenated alkanes) is 5. The van der Waals surface area contributed by atoms with Crippen LogP contribution in [0.2, 0.25) is 0 Å². The molecule has 15 nitrogen and oxygen atoms in total. The van der Waals surface area contributed by atoms with E-state index in [2.05, 4.69) is 64.6 Å². The van der Waals surface area contributed by atoms with Crippen LogP contribution in [0.15, 0.2) is 0 Å². The SMILES string of the molecule is CCCN(CCCCN(CCCCCN(CCN)CCN)CCNCCN(CCNCCN(C)CCN)CCN(CCN)CCCCCNC)CCNCCN. The molecule has 0 amide bonds. The highest BCUT2D eigenvalue weighted by Crippen LogP contribution is 2.05. The van der Waals surface area contributed by atoms with Crippen LogP contribution in [0.25, 0.3) is 0 Å². The maximum absolute atomic E-state index is 6.04. The molecule has 0 aromatic carbocycles. The Morgan fingerprint density at radius 1 is 0.321 bits per heavy atom. The Balaban J connectivity index is 5.08. The molecule has 0 heterocycles. The van der Waals surface area contributed by atoms with Gasteiger partial charge in [-0.25, -0.2) is 0 Å². The lowest BCUT2D eigenvalue weighted by atomic mass is 10.2. The predicted octanol–water partition coefficient (Wildman–Crippen LogP) is -1.26. The third-order valence-corrected chi connectivity index (χ3v) is 10.6. The fourth-order valence-electron chi connectivity index (χ4n) is 7.18. The topological polar surface area (TPSA) is 198 Å². The van der Waals surface area contributed by atoms with Crippen LogP contribution in [0.4, 0.5) is 0 Å². The zero-order valence-corrected chi connectivity index (χ0v) is 37.4. The fraction of sp³-hybridized carbons (Fsp3) is 1.00. The van der Waals surface area contributed by atoms with Gasteiger partial charge in [0.05, 0.1) is 0 Å². The number of nitrogens with two attached hydrogens (primary N) is 5. The van der Waals surface area contributed by atoms with Crippen LogP contribution in [0.3, 0.4) is 0 Å². The molecule has 338 valence electrons. The monoisotopic (exact) mass is 802 g/mol. The van der Waals surface area contributed by atoms with Crippen molar-refractivity contribution in [3.63, 3.8) is 0 Å². The van der Waals surface area contributed by atoms with Crippen LogP contribution in [0.1, 0.15) is 64.7 Å². The number of likely N-dealkylation sites (N-methyl/N-ethyl adjacent to an activating group) is 1. The van der Waals surface area contributed by atoms with Gasteiger partial charge in [-0.1, -0.05) is 19.8 Å². The summed E-state index contributed by atoms with van der Waals surface area (Å²) < 4.78 is 0. The lowest BCUT2D eigenvalue weighted by Crippen LogP contribution is -2.44. The van der Waals surface area contributed by atoms with Gasteiger partial charge in [-0.2, -0.15) is 0 Å². The summed E-state index contributed by atoms with van der Waals surface area (Å²) in [6.07, 6.45) is 11.1. The maximum Gasteiger partial charge on any atom is 0.0110 e. The number of nitrogens with zero attached hydrogens (tertiary/aromatic N) is 6. The molecule has 14 N–H and O–H groups in total. The van der Waals surface area contributed by atoms with Crippen LogP contribution in [-0.4, -0.2) is 233 Å². The Hall–Kier alpha value is -0.600. The van der Waals surface area contributed by atoms with Crippen LogP contribution >= 0.6 is 0 Å². The van der Waals surface area contributed by atoms with Crippen molar-refractivity contribution >= 4 is 0 Å². The summed E-state index contributed by atoms with van der Waals surface area (Å²) in [7, 11) is 4.18. The molecule has 0 aliphatic heterocycles. The summed E-state index contributed by atoms with van der Waals surface area (Å²) in [4.78, 5) is 15.2. The molecule has 0 aromatic heterocycles. The summed E-state index contributed by atoms with van der Waals surface area (Å²) in [5.41, 5.74) is 29.1. The minimum Gasteiger partial charge on any atom is -0.329 e. The zero-order valence-electron chi connectivity index (χ0n) is 37.4. The van der Waals surface area contributed by atoms with Crippen molar-refractivity contribution in [3.05, 3.63) is 0 Å². The lowest BCUT2D eigenvalue weighted by molar-refractivity contribution is 0.201. The normalized spacial score (nSPS) is 12.3. The van der Waals surface area contributed by atoms with Gasteiger partial charge in [-0.15, -0.1) is 0 Å². The third-order valence-electron chi connectivity index (χ3n) is 10.6. The van der Waals surface area contributed by atoms with Crippen LogP contribution in [-0.2, 0) is 0 Å². The van der Waals surface area contributed by atoms with Gasteiger partial charge in [-0.3, -0.25) is 4.90 Å². The van der Waals surface area contributed by atoms with E-state index in [4.69, 9.17) is 28.7 Å². The maximum atomic E-state index is 6.04. The molecule has 56 heavy (non-hydrogen) atoms. The highest BCUT2D eigenvalue weighted by atomic mass is 15.2. The molecule has 0 atom stereocenters. The van der Waals surface area contributed by atoms with Crippen molar-refractivity contribution < 1.29 is 0 Å². The van der Waals surface area contributed by atoms with Crippen molar-refractivity contribution in [1.29, 1.82) is 0 Å². The first-order valence-electron chi connectivity index (χ1n) is 23.0. The van der Waals surface area contributed by atoms with E-state index in [0.29, 0.717) is 26.2 Å². The molecule has 0 unspecified atom stereocenters. The summed E-state index contributed by atoms with van der Waals surface area (Å²) in [5, 5.41) is 14.2. The molecule has 0 rings (SSSR count). The second-order valence-corrected chi connectivity index (χ2v) is 15.6. The van der Waals surface area contributed by atoms with Gasteiger partial charge in [0, 0.05) is 144 Å². The second-order valence-electron chi connectivity index (χ2n) is 15.6. The van der Waals surface area contributed by atoms with Gasteiger partial charge in [0.1, 0.15) is 0 Å². The van der Waals surface area contributed by atoms with E-state index in [1.165, 1.54) is 84.0 Å². The molecular weight excluding hydrogens is 703 g/mol. The summed E-state index contributed by atoms with van der Waals surface area (Å²) in [6.45, 7) is 31.1. The van der Waals surface area contributed by atoms with Gasteiger partial charge >= 0.3 is 0 Å². The smallest absolute Gasteiger partial charge is 0.0110 e. The molecule has 0 aliphatic rings. The van der Waals surface area contributed by atoms with E-state index >= 15 is 0 Å². The Morgan fingerprint density at radius 3 is 1.11 bits per heavy atom. The average molecular weight is 802 g/mol. The summed E-state index contributed by atoms with van der Waals surface area (Å²) >= 11 is 0. The molecule has 0 radical (unpaired) electrons. The van der Waals surface area contributed by atoms with E-state index in [1.807, 2.05) is 7.05 Å². The lowest BCUT2D eigenvalue weighted by Gasteiger charge is -2.28. The third kappa shape index (κ3) is 36.5. The molecule has 0 bridgehead atoms. The standard InChI is InChI=1S/C41H99N15/c1-4-25-52(36-21-48-19-13-42)29-11-12-30-53(26-9-6-10-27-54(32-15-44)33-16-45)37-22-50-24-39-56(38-23-49-20-35-51(3)31-14-43)41-40-55(34-17-46)28-8-5-7-18-47-2/h47-50H,4-46H2,1-3H3. The van der Waals surface area contributed by atoms with E-state index in [9.17, 15) is 0 Å². The highest BCUT2D eigenvalue weighted by molar-refractivity contribution is 4.70. The number of nitrogens with one attached hydrogen (secondary N) is 4. The fourth-order valence-corrected chi connectivity index (χ4v) is 7.18. The molecule has 0 fully saturated rings. The van der Waals surface area contributed by atoms with Crippen molar-refractivity contribution in [2.75, 3.05) is 204 Å². The zero-order chi connectivity index (χ0) is 41.2. The Bertz CT molecular complexity index is 750. The van der Waals surface area contributed by atoms with E-state index < -0.39 is 0 Å². The van der Waals surface area contributed by atoms with Crippen molar-refractivity contribution in [2.45, 2.75) is 64.7 Å². The molecule has 0 saturated heterocycles. The van der Waals surface area contributed by atoms with E-state index in [-0.39, 0.29) is 0 Å². The van der Waals surface area contributed by atoms with Gasteiger partial charge in [0.2, 0.25) is 0 Å². The Morgan fingerprint density at radius 2 is 0.679 bits per heavy atom. The number of rotatable bonds is 47.